The summed E-state index contributed by atoms with van der Waals surface area (Å²) in [6.45, 7) is 7.03. The maximum atomic E-state index is 12.9. The maximum absolute atomic E-state index is 12.9. The summed E-state index contributed by atoms with van der Waals surface area (Å²) in [5.41, 5.74) is 0.661. The monoisotopic (exact) mass is 339 g/mol. The molecule has 110 valence electrons. The lowest BCUT2D eigenvalue weighted by Crippen LogP contribution is -2.40. The van der Waals surface area contributed by atoms with E-state index in [1.165, 1.54) is 0 Å². The van der Waals surface area contributed by atoms with Crippen molar-refractivity contribution < 1.29 is 4.79 Å². The second kappa shape index (κ2) is 6.57. The summed E-state index contributed by atoms with van der Waals surface area (Å²) >= 11 is 3.41. The molecule has 2 rings (SSSR count). The van der Waals surface area contributed by atoms with Crippen LogP contribution in [0.25, 0.3) is 0 Å². The summed E-state index contributed by atoms with van der Waals surface area (Å²) in [5, 5.41) is 3.18. The van der Waals surface area contributed by atoms with Crippen LogP contribution in [-0.2, 0) is 0 Å². The van der Waals surface area contributed by atoms with Crippen molar-refractivity contribution in [1.29, 1.82) is 0 Å². The molecule has 0 spiro atoms. The number of likely N-dealkylation sites (tertiary alicyclic amines) is 1. The summed E-state index contributed by atoms with van der Waals surface area (Å²) in [7, 11) is 0. The molecule has 0 aliphatic carbocycles. The van der Waals surface area contributed by atoms with Crippen LogP contribution < -0.4 is 5.32 Å². The molecule has 1 aliphatic rings. The fourth-order valence-electron chi connectivity index (χ4n) is 2.89. The van der Waals surface area contributed by atoms with Crippen molar-refractivity contribution in [2.45, 2.75) is 52.1 Å². The predicted molar refractivity (Wildman–Crippen MR) is 85.0 cm³/mol. The first-order chi connectivity index (χ1) is 9.58. The Morgan fingerprint density at radius 3 is 2.90 bits per heavy atom. The Bertz CT molecular complexity index is 492. The van der Waals surface area contributed by atoms with E-state index in [1.807, 2.05) is 17.9 Å². The van der Waals surface area contributed by atoms with Gasteiger partial charge >= 0.3 is 0 Å². The van der Waals surface area contributed by atoms with Crippen LogP contribution in [0, 0.1) is 0 Å². The zero-order valence-electron chi connectivity index (χ0n) is 12.3. The highest BCUT2D eigenvalue weighted by atomic mass is 79.9. The topological polar surface area (TPSA) is 45.2 Å². The molecule has 4 nitrogen and oxygen atoms in total. The molecule has 2 heterocycles. The number of carbonyl (C=O) groups excluding carboxylic acids is 1. The van der Waals surface area contributed by atoms with Crippen LogP contribution in [-0.4, -0.2) is 34.4 Å². The SMILES string of the molecule is CCNc1ncc(Br)cc1C(=O)N1C(C)CCC1CC. The van der Waals surface area contributed by atoms with Gasteiger partial charge in [0.1, 0.15) is 5.82 Å². The van der Waals surface area contributed by atoms with Crippen molar-refractivity contribution in [2.24, 2.45) is 0 Å². The largest absolute Gasteiger partial charge is 0.370 e. The van der Waals surface area contributed by atoms with E-state index in [0.717, 1.165) is 30.3 Å². The summed E-state index contributed by atoms with van der Waals surface area (Å²) in [6, 6.07) is 2.53. The van der Waals surface area contributed by atoms with Crippen LogP contribution in [0.1, 0.15) is 50.4 Å². The molecule has 2 unspecified atom stereocenters. The number of nitrogens with zero attached hydrogens (tertiary/aromatic N) is 2. The van der Waals surface area contributed by atoms with Gasteiger partial charge in [0.05, 0.1) is 5.56 Å². The summed E-state index contributed by atoms with van der Waals surface area (Å²) in [5.74, 6) is 0.765. The van der Waals surface area contributed by atoms with Gasteiger partial charge in [0.15, 0.2) is 0 Å². The Balaban J connectivity index is 2.34. The summed E-state index contributed by atoms with van der Waals surface area (Å²) in [6.07, 6.45) is 4.91. The van der Waals surface area contributed by atoms with E-state index in [0.29, 0.717) is 23.5 Å². The van der Waals surface area contributed by atoms with Gasteiger partial charge in [-0.3, -0.25) is 4.79 Å². The predicted octanol–water partition coefficient (Wildman–Crippen LogP) is 3.68. The van der Waals surface area contributed by atoms with Crippen molar-refractivity contribution >= 4 is 27.7 Å². The normalized spacial score (nSPS) is 22.1. The van der Waals surface area contributed by atoms with Gasteiger partial charge in [-0.1, -0.05) is 6.92 Å². The van der Waals surface area contributed by atoms with E-state index in [4.69, 9.17) is 0 Å². The highest BCUT2D eigenvalue weighted by molar-refractivity contribution is 9.10. The fourth-order valence-corrected chi connectivity index (χ4v) is 3.22. The Morgan fingerprint density at radius 2 is 2.25 bits per heavy atom. The number of carbonyl (C=O) groups is 1. The molecule has 1 aromatic rings. The minimum atomic E-state index is 0.0894. The number of amides is 1. The molecule has 1 aliphatic heterocycles. The van der Waals surface area contributed by atoms with Gasteiger partial charge in [-0.05, 0) is 55.1 Å². The van der Waals surface area contributed by atoms with Crippen molar-refractivity contribution in [2.75, 3.05) is 11.9 Å². The van der Waals surface area contributed by atoms with E-state index in [9.17, 15) is 4.79 Å². The molecule has 1 N–H and O–H groups in total. The second-order valence-corrected chi connectivity index (χ2v) is 6.20. The molecule has 0 saturated carbocycles. The van der Waals surface area contributed by atoms with Crippen molar-refractivity contribution in [3.8, 4) is 0 Å². The van der Waals surface area contributed by atoms with Crippen LogP contribution in [0.3, 0.4) is 0 Å². The van der Waals surface area contributed by atoms with E-state index in [-0.39, 0.29) is 5.91 Å². The Morgan fingerprint density at radius 1 is 1.50 bits per heavy atom. The molecule has 0 bridgehead atoms. The van der Waals surface area contributed by atoms with Gasteiger partial charge in [0.25, 0.3) is 5.91 Å². The Hall–Kier alpha value is -1.10. The Labute approximate surface area is 129 Å². The smallest absolute Gasteiger partial charge is 0.258 e. The van der Waals surface area contributed by atoms with Crippen molar-refractivity contribution in [1.82, 2.24) is 9.88 Å². The number of hydrogen-bond acceptors (Lipinski definition) is 3. The molecule has 1 amide bonds. The van der Waals surface area contributed by atoms with Gasteiger partial charge in [-0.15, -0.1) is 0 Å². The average molecular weight is 340 g/mol. The third-order valence-corrected chi connectivity index (χ3v) is 4.35. The lowest BCUT2D eigenvalue weighted by molar-refractivity contribution is 0.0677. The first-order valence-corrected chi connectivity index (χ1v) is 8.09. The zero-order chi connectivity index (χ0) is 14.7. The van der Waals surface area contributed by atoms with Gasteiger partial charge in [0.2, 0.25) is 0 Å². The molecule has 5 heteroatoms. The van der Waals surface area contributed by atoms with Crippen LogP contribution in [0.4, 0.5) is 5.82 Å². The number of anilines is 1. The first kappa shape index (κ1) is 15.3. The van der Waals surface area contributed by atoms with E-state index in [2.05, 4.69) is 40.1 Å². The number of rotatable bonds is 4. The standard InChI is InChI=1S/C15H22BrN3O/c1-4-12-7-6-10(3)19(12)15(20)13-8-11(16)9-18-14(13)17-5-2/h8-10,12H,4-7H2,1-3H3,(H,17,18). The quantitative estimate of drug-likeness (QED) is 0.909. The van der Waals surface area contributed by atoms with Gasteiger partial charge in [-0.25, -0.2) is 4.98 Å². The summed E-state index contributed by atoms with van der Waals surface area (Å²) < 4.78 is 0.836. The third kappa shape index (κ3) is 2.97. The van der Waals surface area contributed by atoms with Crippen LogP contribution in [0.15, 0.2) is 16.7 Å². The molecule has 0 radical (unpaired) electrons. The van der Waals surface area contributed by atoms with Crippen LogP contribution in [0.5, 0.6) is 0 Å². The van der Waals surface area contributed by atoms with E-state index >= 15 is 0 Å². The Kier molecular flexibility index (Phi) is 5.02. The fraction of sp³-hybridized carbons (Fsp3) is 0.600. The third-order valence-electron chi connectivity index (χ3n) is 3.92. The highest BCUT2D eigenvalue weighted by Gasteiger charge is 2.34. The summed E-state index contributed by atoms with van der Waals surface area (Å²) in [4.78, 5) is 19.3. The molecule has 1 fully saturated rings. The van der Waals surface area contributed by atoms with E-state index in [1.54, 1.807) is 6.20 Å². The molecule has 1 aromatic heterocycles. The number of nitrogens with one attached hydrogen (secondary N) is 1. The maximum Gasteiger partial charge on any atom is 0.258 e. The molecule has 20 heavy (non-hydrogen) atoms. The van der Waals surface area contributed by atoms with Crippen LogP contribution >= 0.6 is 15.9 Å². The minimum Gasteiger partial charge on any atom is -0.370 e. The van der Waals surface area contributed by atoms with Gasteiger partial charge < -0.3 is 10.2 Å². The molecule has 1 saturated heterocycles. The minimum absolute atomic E-state index is 0.0894. The average Bonchev–Trinajstić information content (AvgIpc) is 2.81. The molecular formula is C15H22BrN3O. The number of hydrogen-bond donors (Lipinski definition) is 1. The molecule has 2 atom stereocenters. The second-order valence-electron chi connectivity index (χ2n) is 5.28. The van der Waals surface area contributed by atoms with E-state index < -0.39 is 0 Å². The van der Waals surface area contributed by atoms with Crippen molar-refractivity contribution in [3.05, 3.63) is 22.3 Å². The van der Waals surface area contributed by atoms with Crippen molar-refractivity contribution in [3.63, 3.8) is 0 Å². The molecular weight excluding hydrogens is 318 g/mol. The lowest BCUT2D eigenvalue weighted by atomic mass is 10.1. The van der Waals surface area contributed by atoms with Crippen LogP contribution in [0.2, 0.25) is 0 Å². The van der Waals surface area contributed by atoms with Gasteiger partial charge in [0, 0.05) is 29.3 Å². The zero-order valence-corrected chi connectivity index (χ0v) is 13.9. The number of pyridine rings is 1. The van der Waals surface area contributed by atoms with Gasteiger partial charge in [-0.2, -0.15) is 0 Å². The molecule has 0 aromatic carbocycles. The number of halogens is 1. The highest BCUT2D eigenvalue weighted by Crippen LogP contribution is 2.30. The number of aromatic nitrogens is 1. The lowest BCUT2D eigenvalue weighted by Gasteiger charge is -2.28. The first-order valence-electron chi connectivity index (χ1n) is 7.30.